The Bertz CT molecular complexity index is 1060. The van der Waals surface area contributed by atoms with Crippen molar-refractivity contribution in [3.63, 3.8) is 0 Å². The molecule has 0 saturated carbocycles. The Morgan fingerprint density at radius 1 is 1.47 bits per heavy atom. The predicted molar refractivity (Wildman–Crippen MR) is 112 cm³/mol. The number of aromatic nitrogens is 3. The van der Waals surface area contributed by atoms with Crippen molar-refractivity contribution >= 4 is 33.4 Å². The monoisotopic (exact) mass is 429 g/mol. The third-order valence-electron chi connectivity index (χ3n) is 5.04. The summed E-state index contributed by atoms with van der Waals surface area (Å²) in [6.07, 6.45) is 2.82. The molecule has 4 rings (SSSR count). The van der Waals surface area contributed by atoms with Crippen LogP contribution in [0.1, 0.15) is 37.4 Å². The summed E-state index contributed by atoms with van der Waals surface area (Å²) in [5.74, 6) is -0.291. The molecule has 0 aliphatic carbocycles. The second-order valence-corrected chi connectivity index (χ2v) is 7.97. The molecule has 4 heterocycles. The first-order chi connectivity index (χ1) is 14.6. The van der Waals surface area contributed by atoms with E-state index in [0.29, 0.717) is 43.3 Å². The number of hydrogen-bond acceptors (Lipinski definition) is 7. The molecule has 9 nitrogen and oxygen atoms in total. The van der Waals surface area contributed by atoms with Crippen LogP contribution >= 0.6 is 11.3 Å². The lowest BCUT2D eigenvalue weighted by Crippen LogP contribution is -2.42. The fraction of sp³-hybridized carbons (Fsp3) is 0.400. The summed E-state index contributed by atoms with van der Waals surface area (Å²) in [7, 11) is 1.59. The van der Waals surface area contributed by atoms with Gasteiger partial charge in [0.15, 0.2) is 0 Å². The van der Waals surface area contributed by atoms with Gasteiger partial charge in [-0.15, -0.1) is 11.3 Å². The van der Waals surface area contributed by atoms with Gasteiger partial charge in [0.1, 0.15) is 15.8 Å². The summed E-state index contributed by atoms with van der Waals surface area (Å²) in [5.41, 5.74) is 2.05. The van der Waals surface area contributed by atoms with Gasteiger partial charge in [-0.1, -0.05) is 6.07 Å². The maximum atomic E-state index is 13.0. The summed E-state index contributed by atoms with van der Waals surface area (Å²) in [6, 6.07) is 3.77. The second-order valence-electron chi connectivity index (χ2n) is 6.97. The third kappa shape index (κ3) is 3.93. The summed E-state index contributed by atoms with van der Waals surface area (Å²) < 4.78 is 11.1. The molecule has 1 fully saturated rings. The van der Waals surface area contributed by atoms with Crippen molar-refractivity contribution in [2.45, 2.75) is 13.0 Å². The molecule has 1 saturated heterocycles. The number of H-pyrrole nitrogens is 1. The molecule has 0 aromatic carbocycles. The first kappa shape index (κ1) is 20.5. The number of nitrogens with zero attached hydrogens (tertiary/aromatic N) is 3. The molecule has 1 aliphatic heterocycles. The van der Waals surface area contributed by atoms with Crippen molar-refractivity contribution in [1.82, 2.24) is 25.4 Å². The topological polar surface area (TPSA) is 109 Å². The van der Waals surface area contributed by atoms with Crippen molar-refractivity contribution in [1.29, 1.82) is 0 Å². The van der Waals surface area contributed by atoms with Crippen molar-refractivity contribution in [2.75, 3.05) is 40.0 Å². The molecule has 0 radical (unpaired) electrons. The highest BCUT2D eigenvalue weighted by Crippen LogP contribution is 2.37. The Hall–Kier alpha value is -2.82. The summed E-state index contributed by atoms with van der Waals surface area (Å²) >= 11 is 1.33. The average Bonchev–Trinajstić information content (AvgIpc) is 3.37. The van der Waals surface area contributed by atoms with Crippen LogP contribution in [-0.4, -0.2) is 71.9 Å². The number of carbonyl (C=O) groups is 2. The molecular formula is C20H23N5O4S. The molecule has 3 aromatic heterocycles. The molecule has 10 heteroatoms. The van der Waals surface area contributed by atoms with Gasteiger partial charge in [0.05, 0.1) is 31.5 Å². The molecule has 1 atom stereocenters. The molecule has 1 aliphatic rings. The van der Waals surface area contributed by atoms with Crippen molar-refractivity contribution in [3.8, 4) is 0 Å². The molecule has 0 unspecified atom stereocenters. The molecule has 2 N–H and O–H groups in total. The van der Waals surface area contributed by atoms with Crippen LogP contribution in [0.2, 0.25) is 0 Å². The molecule has 0 bridgehead atoms. The third-order valence-corrected chi connectivity index (χ3v) is 6.17. The lowest BCUT2D eigenvalue weighted by molar-refractivity contribution is -0.0222. The molecular weight excluding hydrogens is 406 g/mol. The Kier molecular flexibility index (Phi) is 6.07. The highest BCUT2D eigenvalue weighted by atomic mass is 32.1. The summed E-state index contributed by atoms with van der Waals surface area (Å²) in [6.45, 7) is 3.87. The number of nitrogens with one attached hydrogen (secondary N) is 2. The lowest BCUT2D eigenvalue weighted by Gasteiger charge is -2.33. The number of pyridine rings is 1. The SMILES string of the molecule is COCCNC(=O)c1sc2ncccc2c1[C@@H]1CN(C(=O)c2cn[nH]c2C)CCO1. The average molecular weight is 430 g/mol. The number of amides is 2. The highest BCUT2D eigenvalue weighted by Gasteiger charge is 2.32. The van der Waals surface area contributed by atoms with Crippen molar-refractivity contribution < 1.29 is 19.1 Å². The van der Waals surface area contributed by atoms with Crippen LogP contribution in [0.25, 0.3) is 10.2 Å². The van der Waals surface area contributed by atoms with E-state index in [2.05, 4.69) is 20.5 Å². The number of fused-ring (bicyclic) bond motifs is 1. The number of thiophene rings is 1. The Morgan fingerprint density at radius 2 is 2.33 bits per heavy atom. The predicted octanol–water partition coefficient (Wildman–Crippen LogP) is 1.92. The van der Waals surface area contributed by atoms with Gasteiger partial charge < -0.3 is 19.7 Å². The van der Waals surface area contributed by atoms with Crippen LogP contribution in [-0.2, 0) is 9.47 Å². The van der Waals surface area contributed by atoms with Crippen LogP contribution in [0, 0.1) is 6.92 Å². The van der Waals surface area contributed by atoms with Gasteiger partial charge in [0.25, 0.3) is 11.8 Å². The normalized spacial score (nSPS) is 16.7. The standard InChI is InChI=1S/C20H23N5O4S/c1-12-14(10-23-24-12)20(27)25-7-9-29-15(11-25)16-13-4-3-5-22-19(13)30-17(16)18(26)21-6-8-28-2/h3-5,10,15H,6-9,11H2,1-2H3,(H,21,26)(H,23,24)/t15-/m0/s1. The minimum atomic E-state index is -0.420. The minimum Gasteiger partial charge on any atom is -0.383 e. The largest absolute Gasteiger partial charge is 0.383 e. The molecule has 2 amide bonds. The maximum Gasteiger partial charge on any atom is 0.261 e. The Balaban J connectivity index is 1.64. The molecule has 0 spiro atoms. The van der Waals surface area contributed by atoms with E-state index in [9.17, 15) is 9.59 Å². The van der Waals surface area contributed by atoms with Gasteiger partial charge in [0, 0.05) is 43.0 Å². The Labute approximate surface area is 177 Å². The van der Waals surface area contributed by atoms with E-state index in [4.69, 9.17) is 9.47 Å². The van der Waals surface area contributed by atoms with E-state index in [1.54, 1.807) is 24.4 Å². The number of morpholine rings is 1. The first-order valence-corrected chi connectivity index (χ1v) is 10.5. The molecule has 30 heavy (non-hydrogen) atoms. The summed E-state index contributed by atoms with van der Waals surface area (Å²) in [5, 5.41) is 10.5. The lowest BCUT2D eigenvalue weighted by atomic mass is 10.0. The number of ether oxygens (including phenoxy) is 2. The molecule has 3 aromatic rings. The minimum absolute atomic E-state index is 0.0988. The quantitative estimate of drug-likeness (QED) is 0.580. The number of aryl methyl sites for hydroxylation is 1. The first-order valence-electron chi connectivity index (χ1n) is 9.65. The van der Waals surface area contributed by atoms with Crippen LogP contribution in [0.15, 0.2) is 24.5 Å². The van der Waals surface area contributed by atoms with E-state index < -0.39 is 6.10 Å². The van der Waals surface area contributed by atoms with Gasteiger partial charge in [-0.3, -0.25) is 14.7 Å². The van der Waals surface area contributed by atoms with Gasteiger partial charge >= 0.3 is 0 Å². The Morgan fingerprint density at radius 3 is 3.10 bits per heavy atom. The van der Waals surface area contributed by atoms with Crippen LogP contribution in [0.5, 0.6) is 0 Å². The van der Waals surface area contributed by atoms with Crippen LogP contribution in [0.4, 0.5) is 0 Å². The number of aromatic amines is 1. The number of methoxy groups -OCH3 is 1. The fourth-order valence-corrected chi connectivity index (χ4v) is 4.64. The zero-order valence-corrected chi connectivity index (χ0v) is 17.6. The number of rotatable bonds is 6. The van der Waals surface area contributed by atoms with Gasteiger partial charge in [-0.05, 0) is 13.0 Å². The van der Waals surface area contributed by atoms with E-state index in [0.717, 1.165) is 21.5 Å². The zero-order chi connectivity index (χ0) is 21.1. The summed E-state index contributed by atoms with van der Waals surface area (Å²) in [4.78, 5) is 33.3. The maximum absolute atomic E-state index is 13.0. The van der Waals surface area contributed by atoms with E-state index >= 15 is 0 Å². The van der Waals surface area contributed by atoms with Crippen LogP contribution in [0.3, 0.4) is 0 Å². The van der Waals surface area contributed by atoms with E-state index in [1.165, 1.54) is 11.3 Å². The van der Waals surface area contributed by atoms with Crippen molar-refractivity contribution in [3.05, 3.63) is 46.2 Å². The van der Waals surface area contributed by atoms with Gasteiger partial charge in [-0.2, -0.15) is 5.10 Å². The highest BCUT2D eigenvalue weighted by molar-refractivity contribution is 7.20. The zero-order valence-electron chi connectivity index (χ0n) is 16.8. The van der Waals surface area contributed by atoms with Gasteiger partial charge in [-0.25, -0.2) is 4.98 Å². The number of hydrogen-bond donors (Lipinski definition) is 2. The smallest absolute Gasteiger partial charge is 0.261 e. The second kappa shape index (κ2) is 8.90. The van der Waals surface area contributed by atoms with Gasteiger partial charge in [0.2, 0.25) is 0 Å². The van der Waals surface area contributed by atoms with Crippen LogP contribution < -0.4 is 5.32 Å². The van der Waals surface area contributed by atoms with E-state index in [-0.39, 0.29) is 11.8 Å². The van der Waals surface area contributed by atoms with E-state index in [1.807, 2.05) is 19.1 Å². The fourth-order valence-electron chi connectivity index (χ4n) is 3.53. The molecule has 158 valence electrons. The van der Waals surface area contributed by atoms with Crippen molar-refractivity contribution in [2.24, 2.45) is 0 Å². The number of carbonyl (C=O) groups excluding carboxylic acids is 2.